The number of nitrogens with one attached hydrogen (secondary N) is 2. The van der Waals surface area contributed by atoms with Gasteiger partial charge in [0.15, 0.2) is 0 Å². The van der Waals surface area contributed by atoms with Crippen LogP contribution in [0.2, 0.25) is 0 Å². The van der Waals surface area contributed by atoms with Crippen LogP contribution in [0.25, 0.3) is 0 Å². The molecule has 108 valence electrons. The van der Waals surface area contributed by atoms with E-state index in [-0.39, 0.29) is 5.91 Å². The van der Waals surface area contributed by atoms with Gasteiger partial charge in [-0.25, -0.2) is 0 Å². The fourth-order valence-electron chi connectivity index (χ4n) is 2.57. The van der Waals surface area contributed by atoms with E-state index in [0.29, 0.717) is 12.1 Å². The highest BCUT2D eigenvalue weighted by atomic mass is 16.5. The summed E-state index contributed by atoms with van der Waals surface area (Å²) >= 11 is 0. The quantitative estimate of drug-likeness (QED) is 0.906. The molecule has 0 saturated heterocycles. The van der Waals surface area contributed by atoms with Crippen LogP contribution in [-0.4, -0.2) is 19.6 Å². The van der Waals surface area contributed by atoms with E-state index in [1.807, 2.05) is 42.5 Å². The summed E-state index contributed by atoms with van der Waals surface area (Å²) in [5.41, 5.74) is 4.01. The number of amides is 1. The first-order chi connectivity index (χ1) is 10.3. The minimum atomic E-state index is -0.0596. The third kappa shape index (κ3) is 2.84. The molecule has 4 heteroatoms. The Labute approximate surface area is 124 Å². The van der Waals surface area contributed by atoms with Crippen LogP contribution in [0, 0.1) is 0 Å². The fraction of sp³-hybridized carbons (Fsp3) is 0.235. The molecule has 2 aromatic rings. The highest BCUT2D eigenvalue weighted by Gasteiger charge is 2.13. The van der Waals surface area contributed by atoms with Crippen molar-refractivity contribution in [2.24, 2.45) is 0 Å². The third-order valence-electron chi connectivity index (χ3n) is 3.71. The lowest BCUT2D eigenvalue weighted by molar-refractivity contribution is 0.0950. The highest BCUT2D eigenvalue weighted by Crippen LogP contribution is 2.23. The van der Waals surface area contributed by atoms with E-state index >= 15 is 0 Å². The van der Waals surface area contributed by atoms with Crippen molar-refractivity contribution in [3.05, 3.63) is 59.2 Å². The Balaban J connectivity index is 1.69. The van der Waals surface area contributed by atoms with E-state index in [1.165, 1.54) is 5.56 Å². The number of benzene rings is 2. The Hall–Kier alpha value is -2.49. The van der Waals surface area contributed by atoms with Gasteiger partial charge in [0.2, 0.25) is 0 Å². The molecule has 0 atom stereocenters. The summed E-state index contributed by atoms with van der Waals surface area (Å²) in [6.07, 6.45) is 0.975. The molecule has 0 aromatic heterocycles. The maximum Gasteiger partial charge on any atom is 0.251 e. The van der Waals surface area contributed by atoms with Gasteiger partial charge in [-0.3, -0.25) is 4.79 Å². The Bertz CT molecular complexity index is 668. The lowest BCUT2D eigenvalue weighted by Gasteiger charge is -2.10. The predicted octanol–water partition coefficient (Wildman–Crippen LogP) is 2.59. The van der Waals surface area contributed by atoms with Gasteiger partial charge in [-0.15, -0.1) is 0 Å². The van der Waals surface area contributed by atoms with Gasteiger partial charge in [0, 0.05) is 29.9 Å². The summed E-state index contributed by atoms with van der Waals surface area (Å²) in [7, 11) is 1.63. The van der Waals surface area contributed by atoms with Crippen LogP contribution < -0.4 is 15.4 Å². The second-order valence-electron chi connectivity index (χ2n) is 5.04. The van der Waals surface area contributed by atoms with Crippen molar-refractivity contribution < 1.29 is 9.53 Å². The number of carbonyl (C=O) groups excluding carboxylic acids is 1. The molecule has 21 heavy (non-hydrogen) atoms. The van der Waals surface area contributed by atoms with Gasteiger partial charge < -0.3 is 15.4 Å². The lowest BCUT2D eigenvalue weighted by Crippen LogP contribution is -2.23. The van der Waals surface area contributed by atoms with E-state index in [0.717, 1.165) is 30.0 Å². The summed E-state index contributed by atoms with van der Waals surface area (Å²) < 4.78 is 5.28. The second kappa shape index (κ2) is 5.87. The number of ether oxygens (including phenoxy) is 1. The second-order valence-corrected chi connectivity index (χ2v) is 5.04. The maximum absolute atomic E-state index is 12.2. The van der Waals surface area contributed by atoms with Crippen molar-refractivity contribution in [1.29, 1.82) is 0 Å². The first-order valence-electron chi connectivity index (χ1n) is 7.05. The smallest absolute Gasteiger partial charge is 0.251 e. The molecule has 0 aliphatic carbocycles. The van der Waals surface area contributed by atoms with Crippen LogP contribution in [0.1, 0.15) is 21.5 Å². The van der Waals surface area contributed by atoms with Gasteiger partial charge >= 0.3 is 0 Å². The number of hydrogen-bond donors (Lipinski definition) is 2. The van der Waals surface area contributed by atoms with Crippen LogP contribution in [0.5, 0.6) is 5.75 Å². The molecule has 0 spiro atoms. The summed E-state index contributed by atoms with van der Waals surface area (Å²) in [4.78, 5) is 12.2. The van der Waals surface area contributed by atoms with E-state index in [9.17, 15) is 4.79 Å². The van der Waals surface area contributed by atoms with Crippen molar-refractivity contribution >= 4 is 11.6 Å². The predicted molar refractivity (Wildman–Crippen MR) is 82.8 cm³/mol. The molecule has 0 unspecified atom stereocenters. The zero-order chi connectivity index (χ0) is 14.7. The summed E-state index contributed by atoms with van der Waals surface area (Å²) in [5.74, 6) is 0.728. The average molecular weight is 282 g/mol. The molecular weight excluding hydrogens is 264 g/mol. The highest BCUT2D eigenvalue weighted by molar-refractivity contribution is 5.95. The average Bonchev–Trinajstić information content (AvgIpc) is 3.00. The fourth-order valence-corrected chi connectivity index (χ4v) is 2.57. The number of carbonyl (C=O) groups is 1. The molecule has 4 nitrogen and oxygen atoms in total. The molecule has 0 radical (unpaired) electrons. The standard InChI is InChI=1S/C17H18N2O2/c1-21-16-5-3-2-4-14(16)11-19-17(20)13-6-7-15-12(10-13)8-9-18-15/h2-7,10,18H,8-9,11H2,1H3,(H,19,20). The Kier molecular flexibility index (Phi) is 3.77. The van der Waals surface area contributed by atoms with Crippen molar-refractivity contribution in [1.82, 2.24) is 5.32 Å². The maximum atomic E-state index is 12.2. The topological polar surface area (TPSA) is 50.4 Å². The number of rotatable bonds is 4. The van der Waals surface area contributed by atoms with E-state index in [4.69, 9.17) is 4.74 Å². The molecule has 3 rings (SSSR count). The van der Waals surface area contributed by atoms with Crippen LogP contribution >= 0.6 is 0 Å². The summed E-state index contributed by atoms with van der Waals surface area (Å²) in [6, 6.07) is 13.5. The van der Waals surface area contributed by atoms with Crippen molar-refractivity contribution in [2.45, 2.75) is 13.0 Å². The zero-order valence-corrected chi connectivity index (χ0v) is 12.0. The minimum Gasteiger partial charge on any atom is -0.496 e. The molecule has 1 amide bonds. The molecule has 0 saturated carbocycles. The molecule has 1 heterocycles. The largest absolute Gasteiger partial charge is 0.496 e. The molecule has 1 aliphatic heterocycles. The van der Waals surface area contributed by atoms with Crippen LogP contribution in [-0.2, 0) is 13.0 Å². The Morgan fingerprint density at radius 3 is 3.00 bits per heavy atom. The van der Waals surface area contributed by atoms with E-state index in [2.05, 4.69) is 10.6 Å². The normalized spacial score (nSPS) is 12.4. The Morgan fingerprint density at radius 2 is 2.14 bits per heavy atom. The number of hydrogen-bond acceptors (Lipinski definition) is 3. The lowest BCUT2D eigenvalue weighted by atomic mass is 10.1. The van der Waals surface area contributed by atoms with Gasteiger partial charge in [0.1, 0.15) is 5.75 Å². The molecule has 0 bridgehead atoms. The van der Waals surface area contributed by atoms with E-state index in [1.54, 1.807) is 7.11 Å². The monoisotopic (exact) mass is 282 g/mol. The summed E-state index contributed by atoms with van der Waals surface area (Å²) in [6.45, 7) is 1.40. The number of methoxy groups -OCH3 is 1. The van der Waals surface area contributed by atoms with Crippen molar-refractivity contribution in [2.75, 3.05) is 19.0 Å². The van der Waals surface area contributed by atoms with Crippen LogP contribution in [0.4, 0.5) is 5.69 Å². The van der Waals surface area contributed by atoms with E-state index < -0.39 is 0 Å². The van der Waals surface area contributed by atoms with Crippen LogP contribution in [0.15, 0.2) is 42.5 Å². The van der Waals surface area contributed by atoms with Gasteiger partial charge in [0.05, 0.1) is 7.11 Å². The molecule has 0 fully saturated rings. The van der Waals surface area contributed by atoms with Gasteiger partial charge in [-0.1, -0.05) is 18.2 Å². The number of para-hydroxylation sites is 1. The van der Waals surface area contributed by atoms with Gasteiger partial charge in [-0.05, 0) is 36.2 Å². The first kappa shape index (κ1) is 13.5. The Morgan fingerprint density at radius 1 is 1.29 bits per heavy atom. The van der Waals surface area contributed by atoms with Gasteiger partial charge in [0.25, 0.3) is 5.91 Å². The van der Waals surface area contributed by atoms with Crippen molar-refractivity contribution in [3.63, 3.8) is 0 Å². The molecular formula is C17H18N2O2. The SMILES string of the molecule is COc1ccccc1CNC(=O)c1ccc2c(c1)CCN2. The molecule has 2 N–H and O–H groups in total. The van der Waals surface area contributed by atoms with Crippen LogP contribution in [0.3, 0.4) is 0 Å². The number of anilines is 1. The molecule has 1 aliphatic rings. The number of fused-ring (bicyclic) bond motifs is 1. The molecule has 2 aromatic carbocycles. The zero-order valence-electron chi connectivity index (χ0n) is 12.0. The van der Waals surface area contributed by atoms with Crippen molar-refractivity contribution in [3.8, 4) is 5.75 Å². The van der Waals surface area contributed by atoms with Gasteiger partial charge in [-0.2, -0.15) is 0 Å². The minimum absolute atomic E-state index is 0.0596. The summed E-state index contributed by atoms with van der Waals surface area (Å²) in [5, 5.41) is 6.23. The first-order valence-corrected chi connectivity index (χ1v) is 7.05. The third-order valence-corrected chi connectivity index (χ3v) is 3.71.